The highest BCUT2D eigenvalue weighted by Crippen LogP contribution is 2.34. The average molecular weight is 376 g/mol. The van der Waals surface area contributed by atoms with Gasteiger partial charge in [0.05, 0.1) is 10.6 Å². The number of carbonyl (C=O) groups is 2. The van der Waals surface area contributed by atoms with Crippen molar-refractivity contribution in [2.75, 3.05) is 0 Å². The van der Waals surface area contributed by atoms with Gasteiger partial charge in [0.15, 0.2) is 5.78 Å². The van der Waals surface area contributed by atoms with Crippen molar-refractivity contribution in [2.45, 2.75) is 64.3 Å². The van der Waals surface area contributed by atoms with Gasteiger partial charge >= 0.3 is 5.97 Å². The summed E-state index contributed by atoms with van der Waals surface area (Å²) in [6.07, 6.45) is 8.91. The average Bonchev–Trinajstić information content (AvgIpc) is 2.82. The summed E-state index contributed by atoms with van der Waals surface area (Å²) < 4.78 is 0. The predicted molar refractivity (Wildman–Crippen MR) is 104 cm³/mol. The molecule has 1 saturated carbocycles. The molecule has 5 heteroatoms. The van der Waals surface area contributed by atoms with Gasteiger partial charge in [-0.05, 0) is 50.8 Å². The van der Waals surface area contributed by atoms with E-state index in [1.54, 1.807) is 18.2 Å². The van der Waals surface area contributed by atoms with Gasteiger partial charge in [-0.2, -0.15) is 0 Å². The Balaban J connectivity index is 2.00. The fourth-order valence-electron chi connectivity index (χ4n) is 4.07. The molecule has 4 nitrogen and oxygen atoms in total. The second-order valence-corrected chi connectivity index (χ2v) is 8.54. The number of rotatable bonds is 3. The third-order valence-electron chi connectivity index (χ3n) is 5.36. The van der Waals surface area contributed by atoms with Crippen LogP contribution in [0.15, 0.2) is 18.2 Å². The number of halogens is 1. The van der Waals surface area contributed by atoms with Gasteiger partial charge in [0, 0.05) is 28.8 Å². The third-order valence-corrected chi connectivity index (χ3v) is 5.68. The number of aromatic carboxylic acids is 1. The molecule has 1 aliphatic heterocycles. The molecule has 0 saturated heterocycles. The minimum atomic E-state index is -1.06. The van der Waals surface area contributed by atoms with E-state index in [0.29, 0.717) is 5.70 Å². The third kappa shape index (κ3) is 4.12. The Hall–Kier alpha value is -1.81. The highest BCUT2D eigenvalue weighted by molar-refractivity contribution is 6.33. The number of hydrogen-bond donors (Lipinski definition) is 2. The Kier molecular flexibility index (Phi) is 5.42. The van der Waals surface area contributed by atoms with Crippen LogP contribution in [-0.2, 0) is 11.2 Å². The number of carboxylic acid groups (broad SMARTS) is 1. The van der Waals surface area contributed by atoms with E-state index in [4.69, 9.17) is 11.6 Å². The van der Waals surface area contributed by atoms with Crippen LogP contribution in [0.1, 0.15) is 73.9 Å². The van der Waals surface area contributed by atoms with Gasteiger partial charge in [-0.15, -0.1) is 0 Å². The highest BCUT2D eigenvalue weighted by atomic mass is 35.5. The molecule has 2 aliphatic rings. The minimum Gasteiger partial charge on any atom is -0.478 e. The summed E-state index contributed by atoms with van der Waals surface area (Å²) in [6, 6.07) is 3.32. The molecule has 3 rings (SSSR count). The number of carboxylic acids is 1. The molecule has 140 valence electrons. The molecular formula is C21H26ClNO3. The van der Waals surface area contributed by atoms with Crippen molar-refractivity contribution in [2.24, 2.45) is 5.92 Å². The smallest absolute Gasteiger partial charge is 0.337 e. The summed E-state index contributed by atoms with van der Waals surface area (Å²) in [5, 5.41) is 13.0. The molecule has 1 fully saturated rings. The minimum absolute atomic E-state index is 0.0692. The summed E-state index contributed by atoms with van der Waals surface area (Å²) >= 11 is 6.15. The number of benzene rings is 1. The zero-order chi connectivity index (χ0) is 18.9. The maximum Gasteiger partial charge on any atom is 0.337 e. The number of nitrogens with one attached hydrogen (secondary N) is 1. The van der Waals surface area contributed by atoms with Crippen molar-refractivity contribution in [1.82, 2.24) is 5.32 Å². The molecule has 0 aromatic heterocycles. The summed E-state index contributed by atoms with van der Waals surface area (Å²) in [4.78, 5) is 24.3. The summed E-state index contributed by atoms with van der Waals surface area (Å²) in [5.74, 6) is -0.839. The quantitative estimate of drug-likeness (QED) is 0.585. The van der Waals surface area contributed by atoms with E-state index in [1.165, 1.54) is 12.8 Å². The van der Waals surface area contributed by atoms with Gasteiger partial charge in [0.25, 0.3) is 0 Å². The number of fused-ring (bicyclic) bond motifs is 1. The van der Waals surface area contributed by atoms with E-state index >= 15 is 0 Å². The number of carbonyl (C=O) groups excluding carboxylic acids is 1. The standard InChI is InChI=1S/C21H26ClNO3/c1-21(2)12-14-9-17(22)16(20(25)26)10-15(14)18(23-21)11-19(24)13-7-5-3-4-6-8-13/h9-11,13,23H,3-8,12H2,1-2H3,(H,25,26)/b18-11-. The van der Waals surface area contributed by atoms with Crippen LogP contribution in [0.3, 0.4) is 0 Å². The Labute approximate surface area is 159 Å². The van der Waals surface area contributed by atoms with E-state index in [-0.39, 0.29) is 27.8 Å². The second kappa shape index (κ2) is 7.43. The van der Waals surface area contributed by atoms with E-state index in [0.717, 1.165) is 43.2 Å². The van der Waals surface area contributed by atoms with Crippen molar-refractivity contribution in [3.05, 3.63) is 39.9 Å². The first-order valence-corrected chi connectivity index (χ1v) is 9.74. The number of ketones is 1. The Bertz CT molecular complexity index is 759. The molecule has 0 unspecified atom stereocenters. The summed E-state index contributed by atoms with van der Waals surface area (Å²) in [7, 11) is 0. The van der Waals surface area contributed by atoms with Crippen molar-refractivity contribution in [1.29, 1.82) is 0 Å². The van der Waals surface area contributed by atoms with E-state index < -0.39 is 5.97 Å². The molecule has 0 spiro atoms. The summed E-state index contributed by atoms with van der Waals surface area (Å²) in [5.41, 5.74) is 2.30. The van der Waals surface area contributed by atoms with Crippen molar-refractivity contribution >= 4 is 29.1 Å². The molecule has 1 aromatic rings. The largest absolute Gasteiger partial charge is 0.478 e. The molecule has 2 N–H and O–H groups in total. The normalized spacial score (nSPS) is 21.6. The van der Waals surface area contributed by atoms with Gasteiger partial charge in [0.1, 0.15) is 0 Å². The summed E-state index contributed by atoms with van der Waals surface area (Å²) in [6.45, 7) is 4.14. The lowest BCUT2D eigenvalue weighted by atomic mass is 9.84. The van der Waals surface area contributed by atoms with Crippen molar-refractivity contribution < 1.29 is 14.7 Å². The maximum absolute atomic E-state index is 12.9. The second-order valence-electron chi connectivity index (χ2n) is 8.13. The van der Waals surface area contributed by atoms with Crippen LogP contribution < -0.4 is 5.32 Å². The van der Waals surface area contributed by atoms with E-state index in [1.807, 2.05) is 0 Å². The van der Waals surface area contributed by atoms with Crippen molar-refractivity contribution in [3.63, 3.8) is 0 Å². The van der Waals surface area contributed by atoms with Crippen LogP contribution in [0.25, 0.3) is 5.70 Å². The maximum atomic E-state index is 12.9. The zero-order valence-corrected chi connectivity index (χ0v) is 16.2. The van der Waals surface area contributed by atoms with Crippen LogP contribution in [0.2, 0.25) is 5.02 Å². The van der Waals surface area contributed by atoms with Gasteiger partial charge in [-0.1, -0.05) is 37.3 Å². The molecular weight excluding hydrogens is 350 g/mol. The van der Waals surface area contributed by atoms with Crippen LogP contribution in [-0.4, -0.2) is 22.4 Å². The van der Waals surface area contributed by atoms with Crippen LogP contribution >= 0.6 is 11.6 Å². The highest BCUT2D eigenvalue weighted by Gasteiger charge is 2.30. The molecule has 0 amide bonds. The van der Waals surface area contributed by atoms with Crippen LogP contribution in [0, 0.1) is 5.92 Å². The van der Waals surface area contributed by atoms with Gasteiger partial charge in [0.2, 0.25) is 0 Å². The fourth-order valence-corrected chi connectivity index (χ4v) is 4.33. The van der Waals surface area contributed by atoms with Crippen LogP contribution in [0.5, 0.6) is 0 Å². The first-order valence-electron chi connectivity index (χ1n) is 9.37. The predicted octanol–water partition coefficient (Wildman–Crippen LogP) is 4.84. The molecule has 1 aliphatic carbocycles. The van der Waals surface area contributed by atoms with Gasteiger partial charge in [-0.25, -0.2) is 4.79 Å². The number of allylic oxidation sites excluding steroid dienone is 1. The van der Waals surface area contributed by atoms with E-state index in [9.17, 15) is 14.7 Å². The molecule has 1 aromatic carbocycles. The van der Waals surface area contributed by atoms with Gasteiger partial charge in [-0.3, -0.25) is 4.79 Å². The molecule has 0 bridgehead atoms. The lowest BCUT2D eigenvalue weighted by Crippen LogP contribution is -2.44. The Morgan fingerprint density at radius 3 is 2.46 bits per heavy atom. The first-order chi connectivity index (χ1) is 12.3. The topological polar surface area (TPSA) is 66.4 Å². The molecule has 0 radical (unpaired) electrons. The lowest BCUT2D eigenvalue weighted by Gasteiger charge is -2.36. The monoisotopic (exact) mass is 375 g/mol. The zero-order valence-electron chi connectivity index (χ0n) is 15.4. The Morgan fingerprint density at radius 2 is 1.85 bits per heavy atom. The Morgan fingerprint density at radius 1 is 1.19 bits per heavy atom. The lowest BCUT2D eigenvalue weighted by molar-refractivity contribution is -0.118. The molecule has 1 heterocycles. The van der Waals surface area contributed by atoms with Crippen molar-refractivity contribution in [3.8, 4) is 0 Å². The van der Waals surface area contributed by atoms with Gasteiger partial charge < -0.3 is 10.4 Å². The van der Waals surface area contributed by atoms with Crippen LogP contribution in [0.4, 0.5) is 0 Å². The fraction of sp³-hybridized carbons (Fsp3) is 0.524. The SMILES string of the molecule is CC1(C)Cc2cc(Cl)c(C(=O)O)cc2/C(=C/C(=O)C2CCCCCC2)N1. The molecule has 26 heavy (non-hydrogen) atoms. The molecule has 0 atom stereocenters. The first kappa shape index (κ1) is 19.0. The van der Waals surface area contributed by atoms with E-state index in [2.05, 4.69) is 19.2 Å². The number of hydrogen-bond acceptors (Lipinski definition) is 3.